The number of carbonyl (C=O) groups excluding carboxylic acids is 1. The van der Waals surface area contributed by atoms with Gasteiger partial charge < -0.3 is 19.7 Å². The number of alkyl halides is 3. The number of aromatic carboxylic acids is 1. The van der Waals surface area contributed by atoms with Crippen LogP contribution in [0.2, 0.25) is 0 Å². The van der Waals surface area contributed by atoms with Gasteiger partial charge in [-0.1, -0.05) is 13.0 Å². The summed E-state index contributed by atoms with van der Waals surface area (Å²) in [5.41, 5.74) is 2.84. The van der Waals surface area contributed by atoms with Gasteiger partial charge in [-0.3, -0.25) is 4.79 Å². The highest BCUT2D eigenvalue weighted by molar-refractivity contribution is 5.99. The summed E-state index contributed by atoms with van der Waals surface area (Å²) < 4.78 is 45.4. The normalized spacial score (nSPS) is 12.6. The molecule has 0 bridgehead atoms. The average Bonchev–Trinajstić information content (AvgIpc) is 3.05. The number of fused-ring (bicyclic) bond motifs is 1. The Hall–Kier alpha value is -3.49. The van der Waals surface area contributed by atoms with Crippen LogP contribution < -0.4 is 10.1 Å². The molecular weight excluding hydrogens is 425 g/mol. The van der Waals surface area contributed by atoms with Crippen molar-refractivity contribution in [1.82, 2.24) is 9.88 Å². The van der Waals surface area contributed by atoms with Crippen molar-refractivity contribution in [1.29, 1.82) is 0 Å². The number of nitrogens with zero attached hydrogens (tertiary/aromatic N) is 1. The number of rotatable bonds is 7. The minimum atomic E-state index is -4.38. The topological polar surface area (TPSA) is 80.6 Å². The van der Waals surface area contributed by atoms with Crippen LogP contribution in [-0.4, -0.2) is 41.4 Å². The molecule has 2 N–H and O–H groups in total. The van der Waals surface area contributed by atoms with Crippen LogP contribution in [0.4, 0.5) is 13.2 Å². The molecule has 32 heavy (non-hydrogen) atoms. The monoisotopic (exact) mass is 448 g/mol. The van der Waals surface area contributed by atoms with Crippen LogP contribution >= 0.6 is 0 Å². The van der Waals surface area contributed by atoms with Gasteiger partial charge in [0.1, 0.15) is 5.75 Å². The molecule has 0 spiro atoms. The summed E-state index contributed by atoms with van der Waals surface area (Å²) in [4.78, 5) is 23.6. The molecule has 0 radical (unpaired) electrons. The van der Waals surface area contributed by atoms with Crippen LogP contribution in [-0.2, 0) is 13.5 Å². The molecule has 0 aliphatic rings. The average molecular weight is 448 g/mol. The molecule has 2 aromatic carbocycles. The molecule has 0 aliphatic heterocycles. The molecule has 6 nitrogen and oxygen atoms in total. The molecule has 0 saturated heterocycles. The van der Waals surface area contributed by atoms with Crippen molar-refractivity contribution in [2.75, 3.05) is 13.7 Å². The largest absolute Gasteiger partial charge is 0.496 e. The number of hydrogen-bond donors (Lipinski definition) is 2. The summed E-state index contributed by atoms with van der Waals surface area (Å²) in [5, 5.41) is 12.3. The lowest BCUT2D eigenvalue weighted by atomic mass is 10.0. The van der Waals surface area contributed by atoms with Gasteiger partial charge in [-0.25, -0.2) is 4.79 Å². The van der Waals surface area contributed by atoms with Gasteiger partial charge in [0.25, 0.3) is 5.91 Å². The Balaban J connectivity index is 1.89. The highest BCUT2D eigenvalue weighted by Gasteiger charge is 2.35. The maximum absolute atomic E-state index is 12.7. The quantitative estimate of drug-likeness (QED) is 0.561. The van der Waals surface area contributed by atoms with E-state index in [9.17, 15) is 27.9 Å². The molecule has 0 aliphatic carbocycles. The van der Waals surface area contributed by atoms with Gasteiger partial charge in [0, 0.05) is 42.7 Å². The molecule has 0 fully saturated rings. The van der Waals surface area contributed by atoms with Crippen LogP contribution in [0.15, 0.2) is 42.6 Å². The molecule has 0 saturated carbocycles. The lowest BCUT2D eigenvalue weighted by molar-refractivity contribution is -0.167. The minimum absolute atomic E-state index is 0.107. The van der Waals surface area contributed by atoms with E-state index in [1.807, 2.05) is 17.8 Å². The van der Waals surface area contributed by atoms with Crippen molar-refractivity contribution >= 4 is 22.8 Å². The van der Waals surface area contributed by atoms with E-state index in [0.717, 1.165) is 29.0 Å². The van der Waals surface area contributed by atoms with E-state index < -0.39 is 30.5 Å². The predicted molar refractivity (Wildman–Crippen MR) is 113 cm³/mol. The molecule has 3 aromatic rings. The SMILES string of the molecule is COc1cc(C(=O)O)ccc1Cc1cn(C)c2ccc(C(=O)NCC(C)C(F)(F)F)cc12. The summed E-state index contributed by atoms with van der Waals surface area (Å²) in [6, 6.07) is 9.58. The zero-order chi connectivity index (χ0) is 23.6. The first-order chi connectivity index (χ1) is 15.0. The fourth-order valence-corrected chi connectivity index (χ4v) is 3.45. The zero-order valence-electron chi connectivity index (χ0n) is 17.8. The Morgan fingerprint density at radius 2 is 1.81 bits per heavy atom. The highest BCUT2D eigenvalue weighted by atomic mass is 19.4. The maximum Gasteiger partial charge on any atom is 0.393 e. The number of methoxy groups -OCH3 is 1. The van der Waals surface area contributed by atoms with E-state index in [0.29, 0.717) is 12.2 Å². The summed E-state index contributed by atoms with van der Waals surface area (Å²) in [5.74, 6) is -2.86. The van der Waals surface area contributed by atoms with Crippen LogP contribution in [0.25, 0.3) is 10.9 Å². The number of benzene rings is 2. The van der Waals surface area contributed by atoms with Crippen molar-refractivity contribution in [2.45, 2.75) is 19.5 Å². The number of halogens is 3. The molecular formula is C23H23F3N2O4. The molecule has 1 heterocycles. The third-order valence-corrected chi connectivity index (χ3v) is 5.38. The number of aromatic nitrogens is 1. The van der Waals surface area contributed by atoms with Crippen molar-refractivity contribution in [2.24, 2.45) is 13.0 Å². The van der Waals surface area contributed by atoms with Gasteiger partial charge in [-0.15, -0.1) is 0 Å². The Morgan fingerprint density at radius 1 is 1.12 bits per heavy atom. The number of carbonyl (C=O) groups is 2. The molecule has 1 unspecified atom stereocenters. The van der Waals surface area contributed by atoms with Crippen LogP contribution in [0.3, 0.4) is 0 Å². The number of carboxylic acids is 1. The smallest absolute Gasteiger partial charge is 0.393 e. The number of hydrogen-bond acceptors (Lipinski definition) is 3. The van der Waals surface area contributed by atoms with Crippen molar-refractivity contribution in [3.8, 4) is 5.75 Å². The first-order valence-electron chi connectivity index (χ1n) is 9.84. The Kier molecular flexibility index (Phi) is 6.47. The van der Waals surface area contributed by atoms with E-state index in [1.165, 1.54) is 19.2 Å². The maximum atomic E-state index is 12.7. The minimum Gasteiger partial charge on any atom is -0.496 e. The van der Waals surface area contributed by atoms with E-state index in [1.54, 1.807) is 24.3 Å². The number of amides is 1. The summed E-state index contributed by atoms with van der Waals surface area (Å²) in [6.45, 7) is 0.511. The van der Waals surface area contributed by atoms with Crippen molar-refractivity contribution < 1.29 is 32.6 Å². The van der Waals surface area contributed by atoms with Crippen LogP contribution in [0.1, 0.15) is 38.8 Å². The first-order valence-corrected chi connectivity index (χ1v) is 9.84. The van der Waals surface area contributed by atoms with E-state index in [2.05, 4.69) is 5.32 Å². The lowest BCUT2D eigenvalue weighted by Crippen LogP contribution is -2.34. The molecule has 3 rings (SSSR count). The fourth-order valence-electron chi connectivity index (χ4n) is 3.45. The number of aryl methyl sites for hydroxylation is 1. The molecule has 1 amide bonds. The summed E-state index contributed by atoms with van der Waals surface area (Å²) in [6.07, 6.45) is -2.07. The van der Waals surface area contributed by atoms with E-state index in [4.69, 9.17) is 4.74 Å². The van der Waals surface area contributed by atoms with Crippen molar-refractivity contribution in [3.63, 3.8) is 0 Å². The Bertz CT molecular complexity index is 1170. The van der Waals surface area contributed by atoms with Gasteiger partial charge in [0.2, 0.25) is 0 Å². The predicted octanol–water partition coefficient (Wildman–Crippen LogP) is 4.40. The van der Waals surface area contributed by atoms with Gasteiger partial charge in [-0.05, 0) is 41.5 Å². The molecule has 9 heteroatoms. The number of ether oxygens (including phenoxy) is 1. The standard InChI is InChI=1S/C23H23F3N2O4/c1-13(23(24,25)26)11-27-21(29)15-6-7-19-18(9-15)17(12-28(19)2)8-14-4-5-16(22(30)31)10-20(14)32-3/h4-7,9-10,12-13H,8,11H2,1-3H3,(H,27,29)(H,30,31). The van der Waals surface area contributed by atoms with E-state index >= 15 is 0 Å². The fraction of sp³-hybridized carbons (Fsp3) is 0.304. The second-order valence-corrected chi connectivity index (χ2v) is 7.66. The zero-order valence-corrected chi connectivity index (χ0v) is 17.8. The highest BCUT2D eigenvalue weighted by Crippen LogP contribution is 2.29. The van der Waals surface area contributed by atoms with E-state index in [-0.39, 0.29) is 11.1 Å². The second kappa shape index (κ2) is 8.94. The van der Waals surface area contributed by atoms with Gasteiger partial charge in [-0.2, -0.15) is 13.2 Å². The Morgan fingerprint density at radius 3 is 2.44 bits per heavy atom. The van der Waals surface area contributed by atoms with Gasteiger partial charge >= 0.3 is 12.1 Å². The lowest BCUT2D eigenvalue weighted by Gasteiger charge is -2.16. The van der Waals surface area contributed by atoms with Gasteiger partial charge in [0.15, 0.2) is 0 Å². The summed E-state index contributed by atoms with van der Waals surface area (Å²) >= 11 is 0. The third kappa shape index (κ3) is 4.87. The van der Waals surface area contributed by atoms with Crippen LogP contribution in [0, 0.1) is 5.92 Å². The molecule has 170 valence electrons. The number of nitrogens with one attached hydrogen (secondary N) is 1. The molecule has 1 aromatic heterocycles. The van der Waals surface area contributed by atoms with Crippen LogP contribution in [0.5, 0.6) is 5.75 Å². The van der Waals surface area contributed by atoms with Gasteiger partial charge in [0.05, 0.1) is 18.6 Å². The first kappa shape index (κ1) is 23.2. The van der Waals surface area contributed by atoms with Crippen molar-refractivity contribution in [3.05, 3.63) is 64.8 Å². The summed E-state index contributed by atoms with van der Waals surface area (Å²) in [7, 11) is 3.30. The third-order valence-electron chi connectivity index (χ3n) is 5.38. The Labute approximate surface area is 182 Å². The second-order valence-electron chi connectivity index (χ2n) is 7.66. The molecule has 1 atom stereocenters. The number of carboxylic acid groups (broad SMARTS) is 1.